The Bertz CT molecular complexity index is 982. The zero-order chi connectivity index (χ0) is 28.4. The van der Waals surface area contributed by atoms with Crippen LogP contribution in [0.2, 0.25) is 0 Å². The summed E-state index contributed by atoms with van der Waals surface area (Å²) >= 11 is 0. The molecule has 0 spiro atoms. The summed E-state index contributed by atoms with van der Waals surface area (Å²) in [6.07, 6.45) is -5.15. The molecule has 1 saturated carbocycles. The van der Waals surface area contributed by atoms with E-state index in [0.29, 0.717) is 19.4 Å². The van der Waals surface area contributed by atoms with Gasteiger partial charge < -0.3 is 20.9 Å². The summed E-state index contributed by atoms with van der Waals surface area (Å²) in [6.45, 7) is 3.71. The number of carbonyl (C=O) groups is 4. The van der Waals surface area contributed by atoms with Crippen molar-refractivity contribution in [1.82, 2.24) is 20.9 Å². The number of piperidine rings is 3. The Morgan fingerprint density at radius 3 is 2.42 bits per heavy atom. The van der Waals surface area contributed by atoms with Crippen LogP contribution < -0.4 is 16.0 Å². The number of hydrogen-bond donors (Lipinski definition) is 3. The first kappa shape index (κ1) is 29.6. The molecule has 4 fully saturated rings. The van der Waals surface area contributed by atoms with Crippen molar-refractivity contribution in [2.45, 2.75) is 95.1 Å². The number of carbonyl (C=O) groups excluding carboxylic acids is 4. The average molecular weight is 550 g/mol. The number of amides is 4. The number of rotatable bonds is 8. The highest BCUT2D eigenvalue weighted by atomic mass is 19.4. The molecule has 4 rings (SSSR count). The van der Waals surface area contributed by atoms with E-state index in [0.717, 1.165) is 4.90 Å². The molecule has 3 N–H and O–H groups in total. The lowest BCUT2D eigenvalue weighted by Gasteiger charge is -2.54. The van der Waals surface area contributed by atoms with Crippen LogP contribution >= 0.6 is 0 Å². The first-order valence-electron chi connectivity index (χ1n) is 12.7. The summed E-state index contributed by atoms with van der Waals surface area (Å²) in [5.74, 6) is -10.6. The molecule has 3 heterocycles. The summed E-state index contributed by atoms with van der Waals surface area (Å²) in [5.41, 5.74) is 0. The quantitative estimate of drug-likeness (QED) is 0.399. The van der Waals surface area contributed by atoms with Crippen LogP contribution in [0.4, 0.5) is 22.0 Å². The third-order valence-corrected chi connectivity index (χ3v) is 7.42. The Morgan fingerprint density at radius 2 is 1.87 bits per heavy atom. The third kappa shape index (κ3) is 6.53. The molecule has 0 aromatic rings. The van der Waals surface area contributed by atoms with Crippen molar-refractivity contribution in [2.75, 3.05) is 6.54 Å². The minimum Gasteiger partial charge on any atom is -0.356 e. The summed E-state index contributed by atoms with van der Waals surface area (Å²) in [7, 11) is 0. The van der Waals surface area contributed by atoms with Gasteiger partial charge in [0.1, 0.15) is 18.1 Å². The van der Waals surface area contributed by atoms with Gasteiger partial charge in [-0.05, 0) is 44.4 Å². The molecule has 9 nitrogen and oxygen atoms in total. The normalized spacial score (nSPS) is 28.2. The van der Waals surface area contributed by atoms with E-state index in [9.17, 15) is 46.4 Å². The predicted molar refractivity (Wildman–Crippen MR) is 122 cm³/mol. The van der Waals surface area contributed by atoms with Gasteiger partial charge in [0.15, 0.2) is 0 Å². The smallest absolute Gasteiger partial charge is 0.356 e. The lowest BCUT2D eigenvalue weighted by molar-refractivity contribution is -0.196. The molecule has 2 bridgehead atoms. The first-order valence-corrected chi connectivity index (χ1v) is 12.7. The van der Waals surface area contributed by atoms with Gasteiger partial charge in [0.25, 0.3) is 5.92 Å². The highest BCUT2D eigenvalue weighted by Gasteiger charge is 2.61. The van der Waals surface area contributed by atoms with Gasteiger partial charge in [-0.1, -0.05) is 13.8 Å². The van der Waals surface area contributed by atoms with Crippen molar-refractivity contribution in [1.29, 1.82) is 5.26 Å². The molecular formula is C24H32F5N5O4. The zero-order valence-corrected chi connectivity index (χ0v) is 21.1. The lowest BCUT2D eigenvalue weighted by atomic mass is 9.71. The minimum absolute atomic E-state index is 0.0587. The van der Waals surface area contributed by atoms with Crippen LogP contribution in [0.3, 0.4) is 0 Å². The van der Waals surface area contributed by atoms with Crippen LogP contribution in [-0.2, 0) is 19.2 Å². The van der Waals surface area contributed by atoms with E-state index in [-0.39, 0.29) is 37.5 Å². The van der Waals surface area contributed by atoms with Crippen LogP contribution in [0.5, 0.6) is 0 Å². The van der Waals surface area contributed by atoms with Crippen LogP contribution in [0.15, 0.2) is 0 Å². The second-order valence-corrected chi connectivity index (χ2v) is 10.7. The van der Waals surface area contributed by atoms with E-state index < -0.39 is 72.2 Å². The molecule has 3 saturated heterocycles. The predicted octanol–water partition coefficient (Wildman–Crippen LogP) is 2.02. The van der Waals surface area contributed by atoms with Crippen molar-refractivity contribution in [3.63, 3.8) is 0 Å². The fourth-order valence-electron chi connectivity index (χ4n) is 5.68. The van der Waals surface area contributed by atoms with Crippen molar-refractivity contribution < 1.29 is 41.1 Å². The Balaban J connectivity index is 1.87. The van der Waals surface area contributed by atoms with Gasteiger partial charge in [0.05, 0.1) is 12.0 Å². The first-order chi connectivity index (χ1) is 17.7. The molecule has 0 unspecified atom stereocenters. The van der Waals surface area contributed by atoms with E-state index in [4.69, 9.17) is 0 Å². The Morgan fingerprint density at radius 1 is 1.18 bits per heavy atom. The number of nitriles is 1. The molecule has 6 atom stereocenters. The molecule has 3 aliphatic heterocycles. The second kappa shape index (κ2) is 11.4. The Hall–Kier alpha value is -2.98. The van der Waals surface area contributed by atoms with Crippen LogP contribution in [0, 0.1) is 29.1 Å². The highest BCUT2D eigenvalue weighted by molar-refractivity contribution is 5.94. The molecule has 0 radical (unpaired) electrons. The molecule has 1 aliphatic carbocycles. The Labute approximate surface area is 216 Å². The van der Waals surface area contributed by atoms with E-state index in [1.807, 2.05) is 6.07 Å². The third-order valence-electron chi connectivity index (χ3n) is 7.42. The summed E-state index contributed by atoms with van der Waals surface area (Å²) in [5, 5.41) is 16.3. The van der Waals surface area contributed by atoms with Crippen LogP contribution in [0.25, 0.3) is 0 Å². The number of nitrogens with zero attached hydrogens (tertiary/aromatic N) is 2. The molecule has 4 amide bonds. The van der Waals surface area contributed by atoms with Crippen LogP contribution in [0.1, 0.15) is 58.8 Å². The van der Waals surface area contributed by atoms with Gasteiger partial charge in [0.2, 0.25) is 17.7 Å². The number of hydrogen-bond acceptors (Lipinski definition) is 5. The van der Waals surface area contributed by atoms with Gasteiger partial charge in [-0.3, -0.25) is 19.2 Å². The molecule has 14 heteroatoms. The van der Waals surface area contributed by atoms with Crippen molar-refractivity contribution in [3.8, 4) is 6.07 Å². The van der Waals surface area contributed by atoms with Gasteiger partial charge in [-0.25, -0.2) is 8.78 Å². The maximum absolute atomic E-state index is 14.9. The molecule has 0 aromatic carbocycles. The maximum Gasteiger partial charge on any atom is 0.471 e. The number of alkyl halides is 5. The largest absolute Gasteiger partial charge is 0.471 e. The van der Waals surface area contributed by atoms with Crippen LogP contribution in [-0.4, -0.2) is 71.3 Å². The SMILES string of the molecule is CC(C)C[C@H](NC(=O)C(F)(F)F)C(=O)N1[C@@H]2CC[C@H]([C@H]1C(=O)N[C@@H](C#N)C[C@@H]1CCCNC1=O)C(F)(F)C2. The van der Waals surface area contributed by atoms with Crippen molar-refractivity contribution in [2.24, 2.45) is 17.8 Å². The van der Waals surface area contributed by atoms with Gasteiger partial charge in [-0.15, -0.1) is 0 Å². The fourth-order valence-corrected chi connectivity index (χ4v) is 5.68. The van der Waals surface area contributed by atoms with Crippen molar-refractivity contribution in [3.05, 3.63) is 0 Å². The molecular weight excluding hydrogens is 517 g/mol. The lowest BCUT2D eigenvalue weighted by Crippen LogP contribution is -2.71. The van der Waals surface area contributed by atoms with Crippen molar-refractivity contribution >= 4 is 23.6 Å². The monoisotopic (exact) mass is 549 g/mol. The summed E-state index contributed by atoms with van der Waals surface area (Å²) in [6, 6.07) is -3.93. The number of fused-ring (bicyclic) bond motifs is 3. The summed E-state index contributed by atoms with van der Waals surface area (Å²) in [4.78, 5) is 51.5. The summed E-state index contributed by atoms with van der Waals surface area (Å²) < 4.78 is 68.7. The van der Waals surface area contributed by atoms with Gasteiger partial charge in [-0.2, -0.15) is 18.4 Å². The van der Waals surface area contributed by atoms with E-state index in [1.165, 1.54) is 0 Å². The molecule has 0 aromatic heterocycles. The van der Waals surface area contributed by atoms with Gasteiger partial charge >= 0.3 is 12.1 Å². The standard InChI is InChI=1S/C24H32F5N5O4/c1-12(2)8-17(33-22(38)24(27,28)29)21(37)34-15-5-6-16(23(25,26)10-15)18(34)20(36)32-14(11-30)9-13-4-3-7-31-19(13)35/h12-18H,3-10H2,1-2H3,(H,31,35)(H,32,36)(H,33,38)/t13-,14+,15+,16+,17-,18-/m0/s1. The number of halogens is 5. The molecule has 4 aliphatic rings. The topological polar surface area (TPSA) is 131 Å². The second-order valence-electron chi connectivity index (χ2n) is 10.7. The minimum atomic E-state index is -5.27. The van der Waals surface area contributed by atoms with E-state index >= 15 is 0 Å². The zero-order valence-electron chi connectivity index (χ0n) is 21.1. The average Bonchev–Trinajstić information content (AvgIpc) is 2.82. The highest BCUT2D eigenvalue weighted by Crippen LogP contribution is 2.49. The van der Waals surface area contributed by atoms with E-state index in [1.54, 1.807) is 19.2 Å². The fraction of sp³-hybridized carbons (Fsp3) is 0.792. The van der Waals surface area contributed by atoms with E-state index in [2.05, 4.69) is 10.6 Å². The molecule has 212 valence electrons. The van der Waals surface area contributed by atoms with Gasteiger partial charge in [0, 0.05) is 24.9 Å². The molecule has 38 heavy (non-hydrogen) atoms. The number of nitrogens with one attached hydrogen (secondary N) is 3. The Kier molecular flexibility index (Phi) is 8.88. The maximum atomic E-state index is 14.9.